The first-order valence-electron chi connectivity index (χ1n) is 6.26. The van der Waals surface area contributed by atoms with Crippen LogP contribution in [0, 0.1) is 0 Å². The molecule has 0 saturated carbocycles. The number of nitrogens with zero attached hydrogens (tertiary/aromatic N) is 1. The normalized spacial score (nSPS) is 22.7. The maximum atomic E-state index is 12.2. The predicted molar refractivity (Wildman–Crippen MR) is 78.5 cm³/mol. The third-order valence-corrected chi connectivity index (χ3v) is 3.88. The van der Waals surface area contributed by atoms with Gasteiger partial charge >= 0.3 is 6.03 Å². The molecule has 0 aromatic heterocycles. The highest BCUT2D eigenvalue weighted by molar-refractivity contribution is 6.42. The topological polar surface area (TPSA) is 61.8 Å². The fraction of sp³-hybridized carbons (Fsp3) is 0.462. The first-order chi connectivity index (χ1) is 9.51. The van der Waals surface area contributed by atoms with Crippen LogP contribution in [0.25, 0.3) is 0 Å². The minimum atomic E-state index is -0.342. The van der Waals surface area contributed by atoms with E-state index in [2.05, 4.69) is 5.32 Å². The van der Waals surface area contributed by atoms with Crippen LogP contribution in [0.2, 0.25) is 10.0 Å². The van der Waals surface area contributed by atoms with Crippen molar-refractivity contribution in [3.05, 3.63) is 28.2 Å². The fourth-order valence-corrected chi connectivity index (χ4v) is 2.28. The van der Waals surface area contributed by atoms with Gasteiger partial charge in [0.25, 0.3) is 0 Å². The molecular weight excluding hydrogens is 303 g/mol. The van der Waals surface area contributed by atoms with E-state index in [1.807, 2.05) is 6.92 Å². The summed E-state index contributed by atoms with van der Waals surface area (Å²) in [5, 5.41) is 12.7. The number of nitrogens with one attached hydrogen (secondary N) is 1. The number of ether oxygens (including phenoxy) is 1. The number of hydrogen-bond donors (Lipinski definition) is 2. The highest BCUT2D eigenvalue weighted by Crippen LogP contribution is 2.25. The number of carbonyl (C=O) groups is 1. The number of morpholine rings is 1. The SMILES string of the molecule is CC1COC(CO)CN1C(=O)Nc1ccc(Cl)c(Cl)c1. The quantitative estimate of drug-likeness (QED) is 0.881. The van der Waals surface area contributed by atoms with Gasteiger partial charge in [-0.15, -0.1) is 0 Å². The van der Waals surface area contributed by atoms with Gasteiger partial charge in [0.2, 0.25) is 0 Å². The molecule has 2 amide bonds. The highest BCUT2D eigenvalue weighted by Gasteiger charge is 2.29. The lowest BCUT2D eigenvalue weighted by Gasteiger charge is -2.37. The molecule has 0 radical (unpaired) electrons. The van der Waals surface area contributed by atoms with Crippen molar-refractivity contribution in [3.63, 3.8) is 0 Å². The molecule has 5 nitrogen and oxygen atoms in total. The lowest BCUT2D eigenvalue weighted by Crippen LogP contribution is -2.53. The van der Waals surface area contributed by atoms with Crippen LogP contribution in [0.15, 0.2) is 18.2 Å². The number of carbonyl (C=O) groups excluding carboxylic acids is 1. The van der Waals surface area contributed by atoms with Crippen LogP contribution in [-0.4, -0.2) is 47.9 Å². The Morgan fingerprint density at radius 3 is 2.90 bits per heavy atom. The Labute approximate surface area is 127 Å². The summed E-state index contributed by atoms with van der Waals surface area (Å²) in [4.78, 5) is 13.9. The second-order valence-corrected chi connectivity index (χ2v) is 5.51. The van der Waals surface area contributed by atoms with Crippen LogP contribution in [0.3, 0.4) is 0 Å². The Kier molecular flexibility index (Phi) is 5.10. The van der Waals surface area contributed by atoms with Crippen LogP contribution < -0.4 is 5.32 Å². The van der Waals surface area contributed by atoms with E-state index in [0.717, 1.165) is 0 Å². The largest absolute Gasteiger partial charge is 0.394 e. The van der Waals surface area contributed by atoms with Gasteiger partial charge in [0, 0.05) is 5.69 Å². The number of aliphatic hydroxyl groups excluding tert-OH is 1. The number of rotatable bonds is 2. The van der Waals surface area contributed by atoms with Crippen molar-refractivity contribution in [2.75, 3.05) is 25.1 Å². The zero-order valence-electron chi connectivity index (χ0n) is 11.0. The monoisotopic (exact) mass is 318 g/mol. The summed E-state index contributed by atoms with van der Waals surface area (Å²) in [6.45, 7) is 2.54. The van der Waals surface area contributed by atoms with Crippen LogP contribution in [0.4, 0.5) is 10.5 Å². The van der Waals surface area contributed by atoms with E-state index in [9.17, 15) is 4.79 Å². The molecule has 1 aromatic carbocycles. The van der Waals surface area contributed by atoms with E-state index in [4.69, 9.17) is 33.0 Å². The Morgan fingerprint density at radius 1 is 1.50 bits per heavy atom. The van der Waals surface area contributed by atoms with Crippen LogP contribution in [-0.2, 0) is 4.74 Å². The lowest BCUT2D eigenvalue weighted by molar-refractivity contribution is -0.0611. The summed E-state index contributed by atoms with van der Waals surface area (Å²) >= 11 is 11.7. The highest BCUT2D eigenvalue weighted by atomic mass is 35.5. The van der Waals surface area contributed by atoms with Crippen molar-refractivity contribution < 1.29 is 14.6 Å². The molecule has 2 atom stereocenters. The first kappa shape index (κ1) is 15.4. The molecular formula is C13H16Cl2N2O3. The summed E-state index contributed by atoms with van der Waals surface area (Å²) in [5.41, 5.74) is 0.573. The van der Waals surface area contributed by atoms with Crippen molar-refractivity contribution in [1.82, 2.24) is 4.90 Å². The maximum absolute atomic E-state index is 12.2. The zero-order valence-corrected chi connectivity index (χ0v) is 12.5. The first-order valence-corrected chi connectivity index (χ1v) is 7.02. The molecule has 1 aliphatic rings. The van der Waals surface area contributed by atoms with Crippen LogP contribution in [0.1, 0.15) is 6.92 Å². The van der Waals surface area contributed by atoms with Crippen molar-refractivity contribution in [1.29, 1.82) is 0 Å². The summed E-state index contributed by atoms with van der Waals surface area (Å²) in [6.07, 6.45) is -0.342. The van der Waals surface area contributed by atoms with Crippen molar-refractivity contribution >= 4 is 34.9 Å². The van der Waals surface area contributed by atoms with E-state index in [1.165, 1.54) is 0 Å². The number of hydrogen-bond acceptors (Lipinski definition) is 3. The second kappa shape index (κ2) is 6.63. The molecule has 1 fully saturated rings. The van der Waals surface area contributed by atoms with Gasteiger partial charge in [-0.2, -0.15) is 0 Å². The molecule has 0 aliphatic carbocycles. The van der Waals surface area contributed by atoms with E-state index >= 15 is 0 Å². The molecule has 1 saturated heterocycles. The Bertz CT molecular complexity index is 499. The lowest BCUT2D eigenvalue weighted by atomic mass is 10.2. The maximum Gasteiger partial charge on any atom is 0.322 e. The van der Waals surface area contributed by atoms with E-state index in [-0.39, 0.29) is 24.8 Å². The molecule has 2 N–H and O–H groups in total. The zero-order chi connectivity index (χ0) is 14.7. The minimum absolute atomic E-state index is 0.0550. The summed E-state index contributed by atoms with van der Waals surface area (Å²) in [7, 11) is 0. The summed E-state index contributed by atoms with van der Waals surface area (Å²) in [6, 6.07) is 4.59. The molecule has 1 aliphatic heterocycles. The van der Waals surface area contributed by atoms with E-state index in [0.29, 0.717) is 28.9 Å². The number of anilines is 1. The number of aliphatic hydroxyl groups is 1. The van der Waals surface area contributed by atoms with Gasteiger partial charge in [-0.05, 0) is 25.1 Å². The fourth-order valence-electron chi connectivity index (χ4n) is 1.98. The molecule has 0 spiro atoms. The van der Waals surface area contributed by atoms with Gasteiger partial charge in [-0.1, -0.05) is 23.2 Å². The molecule has 7 heteroatoms. The third-order valence-electron chi connectivity index (χ3n) is 3.14. The molecule has 2 unspecified atom stereocenters. The number of amides is 2. The van der Waals surface area contributed by atoms with Gasteiger partial charge in [-0.3, -0.25) is 0 Å². The average molecular weight is 319 g/mol. The number of benzene rings is 1. The van der Waals surface area contributed by atoms with Gasteiger partial charge < -0.3 is 20.1 Å². The molecule has 20 heavy (non-hydrogen) atoms. The standard InChI is InChI=1S/C13H16Cl2N2O3/c1-8-7-20-10(6-18)5-17(8)13(19)16-9-2-3-11(14)12(15)4-9/h2-4,8,10,18H,5-7H2,1H3,(H,16,19). The number of urea groups is 1. The second-order valence-electron chi connectivity index (χ2n) is 4.70. The molecule has 110 valence electrons. The number of halogens is 2. The molecule has 1 aromatic rings. The Morgan fingerprint density at radius 2 is 2.25 bits per heavy atom. The van der Waals surface area contributed by atoms with Crippen LogP contribution >= 0.6 is 23.2 Å². The van der Waals surface area contributed by atoms with Crippen LogP contribution in [0.5, 0.6) is 0 Å². The molecule has 0 bridgehead atoms. The summed E-state index contributed by atoms with van der Waals surface area (Å²) < 4.78 is 5.39. The van der Waals surface area contributed by atoms with Gasteiger partial charge in [0.1, 0.15) is 0 Å². The predicted octanol–water partition coefficient (Wildman–Crippen LogP) is 2.61. The van der Waals surface area contributed by atoms with Crippen molar-refractivity contribution in [2.45, 2.75) is 19.1 Å². The Hall–Kier alpha value is -1.01. The smallest absolute Gasteiger partial charge is 0.322 e. The van der Waals surface area contributed by atoms with E-state index < -0.39 is 0 Å². The average Bonchev–Trinajstić information content (AvgIpc) is 2.43. The van der Waals surface area contributed by atoms with Crippen molar-refractivity contribution in [2.24, 2.45) is 0 Å². The third kappa shape index (κ3) is 3.55. The summed E-state index contributed by atoms with van der Waals surface area (Å²) in [5.74, 6) is 0. The van der Waals surface area contributed by atoms with Crippen molar-refractivity contribution in [3.8, 4) is 0 Å². The molecule has 1 heterocycles. The molecule has 2 rings (SSSR count). The van der Waals surface area contributed by atoms with Gasteiger partial charge in [-0.25, -0.2) is 4.79 Å². The van der Waals surface area contributed by atoms with E-state index in [1.54, 1.807) is 23.1 Å². The van der Waals surface area contributed by atoms with Gasteiger partial charge in [0.15, 0.2) is 0 Å². The van der Waals surface area contributed by atoms with Gasteiger partial charge in [0.05, 0.1) is 41.9 Å². The Balaban J connectivity index is 2.04. The minimum Gasteiger partial charge on any atom is -0.394 e.